The Hall–Kier alpha value is -0.0662. The first-order chi connectivity index (χ1) is 8.17. The van der Waals surface area contributed by atoms with Crippen molar-refractivity contribution in [3.63, 3.8) is 0 Å². The van der Waals surface area contributed by atoms with Gasteiger partial charge in [0.2, 0.25) is 8.32 Å². The van der Waals surface area contributed by atoms with Crippen LogP contribution in [0.15, 0.2) is 11.8 Å². The van der Waals surface area contributed by atoms with Gasteiger partial charge in [-0.05, 0) is 31.1 Å². The second-order valence-corrected chi connectivity index (χ2v) is 19.0. The molecule has 0 saturated heterocycles. The van der Waals surface area contributed by atoms with Crippen molar-refractivity contribution < 1.29 is 9.53 Å². The molecule has 0 unspecified atom stereocenters. The zero-order valence-corrected chi connectivity index (χ0v) is 16.2. The normalized spacial score (nSPS) is 29.4. The van der Waals surface area contributed by atoms with Gasteiger partial charge in [0.15, 0.2) is 0 Å². The molecule has 0 aromatic rings. The maximum Gasteiger partial charge on any atom is 0.250 e. The Morgan fingerprint density at radius 1 is 1.21 bits per heavy atom. The highest BCUT2D eigenvalue weighted by atomic mass is 28.4. The summed E-state index contributed by atoms with van der Waals surface area (Å²) >= 11 is 0. The van der Waals surface area contributed by atoms with E-state index in [1.807, 2.05) is 6.92 Å². The number of hydrogen-bond acceptors (Lipinski definition) is 2. The number of hydrogen-bond donors (Lipinski definition) is 1. The van der Waals surface area contributed by atoms with E-state index < -0.39 is 22.0 Å². The van der Waals surface area contributed by atoms with Crippen molar-refractivity contribution in [1.82, 2.24) is 0 Å². The van der Waals surface area contributed by atoms with Crippen LogP contribution in [0.2, 0.25) is 43.3 Å². The minimum absolute atomic E-state index is 0.205. The van der Waals surface area contributed by atoms with Gasteiger partial charge in [-0.2, -0.15) is 0 Å². The lowest BCUT2D eigenvalue weighted by Crippen LogP contribution is -2.41. The van der Waals surface area contributed by atoms with Crippen molar-refractivity contribution in [1.29, 1.82) is 0 Å². The second kappa shape index (κ2) is 4.74. The van der Waals surface area contributed by atoms with Crippen LogP contribution in [0.5, 0.6) is 0 Å². The number of rotatable bonds is 3. The zero-order valence-electron chi connectivity index (χ0n) is 14.2. The third-order valence-corrected chi connectivity index (χ3v) is 11.7. The summed E-state index contributed by atoms with van der Waals surface area (Å²) in [6, 6.07) is 0. The van der Waals surface area contributed by atoms with Gasteiger partial charge in [-0.1, -0.05) is 40.4 Å². The van der Waals surface area contributed by atoms with Crippen molar-refractivity contribution in [2.45, 2.75) is 83.0 Å². The largest absolute Gasteiger partial charge is 0.547 e. The fourth-order valence-corrected chi connectivity index (χ4v) is 6.38. The van der Waals surface area contributed by atoms with E-state index >= 15 is 0 Å². The van der Waals surface area contributed by atoms with E-state index in [0.29, 0.717) is 12.0 Å². The third-order valence-electron chi connectivity index (χ3n) is 4.68. The topological polar surface area (TPSA) is 29.5 Å². The standard InChI is InChI=1S/C15H32O2Si2/c1-14(2,3)19(8,9)17-12-10-13(18(5,6)7)15(4,16)11-12/h10,13,16H,11H2,1-9H3/t13-,15+/m0/s1. The van der Waals surface area contributed by atoms with Crippen LogP contribution in [0, 0.1) is 0 Å². The van der Waals surface area contributed by atoms with Crippen molar-refractivity contribution in [3.8, 4) is 0 Å². The van der Waals surface area contributed by atoms with E-state index in [-0.39, 0.29) is 5.04 Å². The van der Waals surface area contributed by atoms with Crippen LogP contribution in [0.3, 0.4) is 0 Å². The lowest BCUT2D eigenvalue weighted by molar-refractivity contribution is 0.0647. The lowest BCUT2D eigenvalue weighted by Gasteiger charge is -2.37. The highest BCUT2D eigenvalue weighted by Crippen LogP contribution is 2.47. The fraction of sp³-hybridized carbons (Fsp3) is 0.867. The van der Waals surface area contributed by atoms with Gasteiger partial charge in [-0.15, -0.1) is 0 Å². The first-order valence-electron chi connectivity index (χ1n) is 7.29. The summed E-state index contributed by atoms with van der Waals surface area (Å²) in [5.41, 5.74) is -0.331. The number of aliphatic hydroxyl groups is 1. The first kappa shape index (κ1) is 17.0. The van der Waals surface area contributed by atoms with Crippen LogP contribution in [-0.4, -0.2) is 27.1 Å². The van der Waals surface area contributed by atoms with Crippen molar-refractivity contribution in [2.75, 3.05) is 0 Å². The lowest BCUT2D eigenvalue weighted by atomic mass is 10.0. The van der Waals surface area contributed by atoms with E-state index in [4.69, 9.17) is 4.43 Å². The molecule has 2 nitrogen and oxygen atoms in total. The molecule has 2 atom stereocenters. The molecule has 0 amide bonds. The molecule has 4 heteroatoms. The van der Waals surface area contributed by atoms with Gasteiger partial charge < -0.3 is 9.53 Å². The molecule has 0 aromatic heterocycles. The molecule has 0 heterocycles. The predicted molar refractivity (Wildman–Crippen MR) is 88.7 cm³/mol. The molecular formula is C15H32O2Si2. The SMILES string of the molecule is CC(C)(C)[Si](C)(C)OC1=C[C@H]([Si](C)(C)C)[C@](C)(O)C1. The third kappa shape index (κ3) is 3.73. The summed E-state index contributed by atoms with van der Waals surface area (Å²) in [7, 11) is -3.20. The monoisotopic (exact) mass is 300 g/mol. The van der Waals surface area contributed by atoms with Gasteiger partial charge in [0.1, 0.15) is 0 Å². The molecule has 0 aliphatic heterocycles. The van der Waals surface area contributed by atoms with Gasteiger partial charge in [0, 0.05) is 12.0 Å². The Balaban J connectivity index is 2.95. The Bertz CT molecular complexity index is 371. The Labute approximate surface area is 121 Å². The van der Waals surface area contributed by atoms with Crippen molar-refractivity contribution >= 4 is 16.4 Å². The van der Waals surface area contributed by atoms with Crippen molar-refractivity contribution in [2.24, 2.45) is 0 Å². The van der Waals surface area contributed by atoms with Crippen LogP contribution >= 0.6 is 0 Å². The molecule has 1 rings (SSSR count). The fourth-order valence-electron chi connectivity index (χ4n) is 2.62. The predicted octanol–water partition coefficient (Wildman–Crippen LogP) is 4.76. The van der Waals surface area contributed by atoms with Crippen LogP contribution < -0.4 is 0 Å². The summed E-state index contributed by atoms with van der Waals surface area (Å²) in [6.07, 6.45) is 2.90. The molecule has 112 valence electrons. The Morgan fingerprint density at radius 2 is 1.68 bits per heavy atom. The maximum atomic E-state index is 10.7. The summed E-state index contributed by atoms with van der Waals surface area (Å²) < 4.78 is 6.39. The van der Waals surface area contributed by atoms with Crippen LogP contribution in [0.4, 0.5) is 0 Å². The minimum Gasteiger partial charge on any atom is -0.547 e. The molecule has 1 aliphatic carbocycles. The molecule has 0 saturated carbocycles. The van der Waals surface area contributed by atoms with Gasteiger partial charge in [-0.25, -0.2) is 0 Å². The molecule has 0 spiro atoms. The van der Waals surface area contributed by atoms with Gasteiger partial charge >= 0.3 is 0 Å². The van der Waals surface area contributed by atoms with Gasteiger partial charge in [-0.3, -0.25) is 0 Å². The highest BCUT2D eigenvalue weighted by Gasteiger charge is 2.47. The minimum atomic E-state index is -1.79. The molecule has 0 aromatic carbocycles. The van der Waals surface area contributed by atoms with E-state index in [9.17, 15) is 5.11 Å². The quantitative estimate of drug-likeness (QED) is 0.762. The Kier molecular flexibility index (Phi) is 4.24. The maximum absolute atomic E-state index is 10.7. The smallest absolute Gasteiger partial charge is 0.250 e. The van der Waals surface area contributed by atoms with Crippen LogP contribution in [-0.2, 0) is 4.43 Å². The average Bonchev–Trinajstić information content (AvgIpc) is 2.36. The van der Waals surface area contributed by atoms with E-state index in [0.717, 1.165) is 5.76 Å². The summed E-state index contributed by atoms with van der Waals surface area (Å²) in [5.74, 6) is 1.03. The Morgan fingerprint density at radius 3 is 2.00 bits per heavy atom. The zero-order chi connectivity index (χ0) is 15.3. The molecule has 0 bridgehead atoms. The molecule has 1 N–H and O–H groups in total. The van der Waals surface area contributed by atoms with Crippen LogP contribution in [0.1, 0.15) is 34.1 Å². The average molecular weight is 301 g/mol. The van der Waals surface area contributed by atoms with Gasteiger partial charge in [0.25, 0.3) is 0 Å². The van der Waals surface area contributed by atoms with Gasteiger partial charge in [0.05, 0.1) is 19.4 Å². The summed E-state index contributed by atoms with van der Waals surface area (Å²) in [4.78, 5) is 0. The summed E-state index contributed by atoms with van der Waals surface area (Å²) in [6.45, 7) is 20.2. The molecule has 1 aliphatic rings. The van der Waals surface area contributed by atoms with Crippen LogP contribution in [0.25, 0.3) is 0 Å². The molecule has 19 heavy (non-hydrogen) atoms. The van der Waals surface area contributed by atoms with E-state index in [1.54, 1.807) is 0 Å². The van der Waals surface area contributed by atoms with E-state index in [2.05, 4.69) is 59.6 Å². The first-order valence-corrected chi connectivity index (χ1v) is 13.8. The van der Waals surface area contributed by atoms with E-state index in [1.165, 1.54) is 0 Å². The molecule has 0 radical (unpaired) electrons. The highest BCUT2D eigenvalue weighted by molar-refractivity contribution is 6.78. The molecule has 0 fully saturated rings. The van der Waals surface area contributed by atoms with Crippen molar-refractivity contribution in [3.05, 3.63) is 11.8 Å². The second-order valence-electron chi connectivity index (χ2n) is 8.87. The molecular weight excluding hydrogens is 268 g/mol. The summed E-state index contributed by atoms with van der Waals surface area (Å²) in [5, 5.41) is 10.9.